The van der Waals surface area contributed by atoms with Gasteiger partial charge in [0.1, 0.15) is 11.4 Å². The van der Waals surface area contributed by atoms with Gasteiger partial charge in [0.05, 0.1) is 31.5 Å². The Labute approximate surface area is 180 Å². The first-order valence-corrected chi connectivity index (χ1v) is 10.6. The molecule has 3 amide bonds. The molecular formula is C24H23N3O4. The molecule has 0 unspecified atom stereocenters. The van der Waals surface area contributed by atoms with Crippen molar-refractivity contribution in [2.75, 3.05) is 25.1 Å². The van der Waals surface area contributed by atoms with Crippen LogP contribution < -0.4 is 19.6 Å². The van der Waals surface area contributed by atoms with Gasteiger partial charge in [0.15, 0.2) is 0 Å². The van der Waals surface area contributed by atoms with Gasteiger partial charge in [-0.15, -0.1) is 0 Å². The summed E-state index contributed by atoms with van der Waals surface area (Å²) in [6, 6.07) is 9.76. The van der Waals surface area contributed by atoms with Crippen LogP contribution in [0.5, 0.6) is 5.75 Å². The smallest absolute Gasteiger partial charge is 0.354 e. The standard InChI is InChI=1S/C24H23N3O4/c1-31-19-8-6-18(7-9-19)27-23(29)20(22(28)25-24(27)30)14-15-12-16-4-2-10-26-11-3-5-17(13-15)21(16)26/h6-9,12-14H,2-5,10-11H2,1H3,(H,25,28,30). The number of nitrogens with one attached hydrogen (secondary N) is 1. The second-order valence-corrected chi connectivity index (χ2v) is 8.12. The molecule has 5 rings (SSSR count). The number of amides is 3. The molecule has 0 spiro atoms. The molecule has 7 heteroatoms. The molecule has 0 radical (unpaired) electrons. The largest absolute Gasteiger partial charge is 0.858 e. The van der Waals surface area contributed by atoms with Crippen molar-refractivity contribution in [1.82, 2.24) is 0 Å². The molecule has 3 aliphatic rings. The van der Waals surface area contributed by atoms with Crippen LogP contribution in [0.15, 0.2) is 47.0 Å². The fourth-order valence-corrected chi connectivity index (χ4v) is 4.83. The van der Waals surface area contributed by atoms with E-state index in [1.54, 1.807) is 30.3 Å². The molecule has 0 aromatic heterocycles. The molecule has 0 saturated heterocycles. The molecule has 158 valence electrons. The van der Waals surface area contributed by atoms with Gasteiger partial charge in [0.25, 0.3) is 5.91 Å². The third-order valence-corrected chi connectivity index (χ3v) is 6.22. The van der Waals surface area contributed by atoms with Gasteiger partial charge in [-0.05, 0) is 60.9 Å². The number of methoxy groups -OCH3 is 1. The van der Waals surface area contributed by atoms with Gasteiger partial charge in [-0.1, -0.05) is 0 Å². The van der Waals surface area contributed by atoms with Crippen LogP contribution in [0.3, 0.4) is 0 Å². The predicted molar refractivity (Wildman–Crippen MR) is 115 cm³/mol. The normalized spacial score (nSPS) is 20.0. The van der Waals surface area contributed by atoms with Crippen molar-refractivity contribution >= 4 is 35.3 Å². The second kappa shape index (κ2) is 7.67. The van der Waals surface area contributed by atoms with Crippen LogP contribution in [0.2, 0.25) is 0 Å². The maximum Gasteiger partial charge on any atom is 0.354 e. The van der Waals surface area contributed by atoms with Crippen LogP contribution in [0.25, 0.3) is 6.08 Å². The van der Waals surface area contributed by atoms with Gasteiger partial charge in [0.2, 0.25) is 0 Å². The Morgan fingerprint density at radius 1 is 1.06 bits per heavy atom. The molecule has 7 nitrogen and oxygen atoms in total. The Morgan fingerprint density at radius 2 is 1.71 bits per heavy atom. The van der Waals surface area contributed by atoms with E-state index in [1.165, 1.54) is 28.8 Å². The molecule has 0 aliphatic carbocycles. The van der Waals surface area contributed by atoms with Gasteiger partial charge >= 0.3 is 6.03 Å². The molecule has 3 aliphatic heterocycles. The number of anilines is 1. The highest BCUT2D eigenvalue weighted by Crippen LogP contribution is 2.30. The van der Waals surface area contributed by atoms with Crippen LogP contribution >= 0.6 is 0 Å². The number of hydrogen-bond donors (Lipinski definition) is 1. The molecule has 1 N–H and O–H groups in total. The summed E-state index contributed by atoms with van der Waals surface area (Å²) in [7, 11) is 1.54. The molecule has 3 heterocycles. The first-order chi connectivity index (χ1) is 15.0. The topological polar surface area (TPSA) is 86.5 Å². The van der Waals surface area contributed by atoms with Gasteiger partial charge in [-0.25, -0.2) is 14.7 Å². The minimum Gasteiger partial charge on any atom is -0.858 e. The highest BCUT2D eigenvalue weighted by molar-refractivity contribution is 6.36. The number of ether oxygens (including phenoxy) is 1. The van der Waals surface area contributed by atoms with E-state index in [1.807, 2.05) is 0 Å². The number of carbonyl (C=O) groups is 2. The summed E-state index contributed by atoms with van der Waals surface area (Å²) >= 11 is 0. The Hall–Kier alpha value is -3.45. The van der Waals surface area contributed by atoms with Crippen molar-refractivity contribution in [3.8, 4) is 5.75 Å². The molecular weight excluding hydrogens is 394 g/mol. The Balaban J connectivity index is 1.54. The van der Waals surface area contributed by atoms with E-state index in [0.717, 1.165) is 49.2 Å². The quantitative estimate of drug-likeness (QED) is 0.766. The van der Waals surface area contributed by atoms with Crippen LogP contribution in [0, 0.1) is 0 Å². The zero-order valence-corrected chi connectivity index (χ0v) is 17.3. The molecule has 2 aromatic rings. The van der Waals surface area contributed by atoms with Crippen LogP contribution in [0.4, 0.5) is 16.2 Å². The Bertz CT molecular complexity index is 1100. The lowest BCUT2D eigenvalue weighted by molar-refractivity contribution is -0.838. The number of rotatable bonds is 3. The number of carbonyl (C=O) groups excluding carboxylic acids is 2. The first kappa shape index (κ1) is 19.5. The van der Waals surface area contributed by atoms with E-state index < -0.39 is 17.8 Å². The first-order valence-electron chi connectivity index (χ1n) is 10.6. The summed E-state index contributed by atoms with van der Waals surface area (Å²) in [4.78, 5) is 31.6. The van der Waals surface area contributed by atoms with E-state index in [2.05, 4.69) is 17.1 Å². The Morgan fingerprint density at radius 3 is 2.32 bits per heavy atom. The van der Waals surface area contributed by atoms with Gasteiger partial charge in [-0.3, -0.25) is 4.79 Å². The van der Waals surface area contributed by atoms with Gasteiger partial charge in [0, 0.05) is 29.9 Å². The highest BCUT2D eigenvalue weighted by Gasteiger charge is 2.32. The van der Waals surface area contributed by atoms with E-state index in [0.29, 0.717) is 11.4 Å². The van der Waals surface area contributed by atoms with Crippen molar-refractivity contribution in [2.45, 2.75) is 25.7 Å². The average molecular weight is 417 g/mol. The Kier molecular flexibility index (Phi) is 4.82. The molecule has 31 heavy (non-hydrogen) atoms. The minimum absolute atomic E-state index is 0.0987. The summed E-state index contributed by atoms with van der Waals surface area (Å²) in [6.45, 7) is 2.32. The van der Waals surface area contributed by atoms with Crippen LogP contribution in [0.1, 0.15) is 29.5 Å². The van der Waals surface area contributed by atoms with Crippen molar-refractivity contribution in [3.63, 3.8) is 0 Å². The molecule has 0 atom stereocenters. The number of nitrogens with zero attached hydrogens (tertiary/aromatic N) is 2. The maximum atomic E-state index is 13.1. The zero-order chi connectivity index (χ0) is 21.5. The lowest BCUT2D eigenvalue weighted by atomic mass is 9.89. The van der Waals surface area contributed by atoms with E-state index in [-0.39, 0.29) is 5.57 Å². The van der Waals surface area contributed by atoms with Crippen molar-refractivity contribution in [2.24, 2.45) is 4.99 Å². The minimum atomic E-state index is -0.878. The number of quaternary nitrogens is 1. The summed E-state index contributed by atoms with van der Waals surface area (Å²) in [5, 5.41) is 12.5. The number of urea groups is 1. The third kappa shape index (κ3) is 3.41. The van der Waals surface area contributed by atoms with Crippen molar-refractivity contribution in [3.05, 3.63) is 58.7 Å². The summed E-state index contributed by atoms with van der Waals surface area (Å²) in [5.41, 5.74) is 5.05. The second-order valence-electron chi connectivity index (χ2n) is 8.12. The lowest BCUT2D eigenvalue weighted by Crippen LogP contribution is -3.09. The lowest BCUT2D eigenvalue weighted by Gasteiger charge is -2.32. The van der Waals surface area contributed by atoms with E-state index in [4.69, 9.17) is 4.74 Å². The van der Waals surface area contributed by atoms with Gasteiger partial charge < -0.3 is 14.7 Å². The monoisotopic (exact) mass is 417 g/mol. The third-order valence-electron chi connectivity index (χ3n) is 6.22. The molecule has 0 fully saturated rings. The van der Waals surface area contributed by atoms with Crippen molar-refractivity contribution in [1.29, 1.82) is 0 Å². The molecule has 0 bridgehead atoms. The molecule has 0 saturated carbocycles. The maximum absolute atomic E-state index is 13.1. The molecule has 2 aromatic carbocycles. The summed E-state index contributed by atoms with van der Waals surface area (Å²) in [6.07, 6.45) is 5.86. The number of aryl methyl sites for hydroxylation is 2. The number of imide groups is 1. The van der Waals surface area contributed by atoms with Crippen molar-refractivity contribution < 1.29 is 24.3 Å². The fraction of sp³-hybridized carbons (Fsp3) is 0.292. The predicted octanol–water partition coefficient (Wildman–Crippen LogP) is 1.41. The average Bonchev–Trinajstić information content (AvgIpc) is 2.77. The fourth-order valence-electron chi connectivity index (χ4n) is 4.83. The summed E-state index contributed by atoms with van der Waals surface area (Å²) in [5.74, 6) is -0.851. The zero-order valence-electron chi connectivity index (χ0n) is 17.3. The number of hydrogen-bond acceptors (Lipinski definition) is 4. The van der Waals surface area contributed by atoms with Crippen LogP contribution in [-0.4, -0.2) is 38.0 Å². The number of aliphatic imine (C=N–C) groups is 1. The van der Waals surface area contributed by atoms with Crippen LogP contribution in [-0.2, 0) is 17.6 Å². The van der Waals surface area contributed by atoms with E-state index in [9.17, 15) is 14.7 Å². The number of benzene rings is 2. The SMILES string of the molecule is COc1ccc(N2C(=O)N=C([O-])C(=Cc3cc4c5c(c3)CCC[NH+]5CCC4)C2=O)cc1. The van der Waals surface area contributed by atoms with E-state index >= 15 is 0 Å². The van der Waals surface area contributed by atoms with Gasteiger partial charge in [-0.2, -0.15) is 0 Å². The highest BCUT2D eigenvalue weighted by atomic mass is 16.5. The summed E-state index contributed by atoms with van der Waals surface area (Å²) < 4.78 is 5.13.